The summed E-state index contributed by atoms with van der Waals surface area (Å²) in [5, 5.41) is 9.59. The molecule has 96 valence electrons. The molecule has 0 saturated heterocycles. The van der Waals surface area contributed by atoms with Crippen molar-refractivity contribution < 1.29 is 14.7 Å². The summed E-state index contributed by atoms with van der Waals surface area (Å²) in [5.74, 6) is -1.63. The maximum atomic E-state index is 12.3. The summed E-state index contributed by atoms with van der Waals surface area (Å²) in [6.07, 6.45) is 1.42. The topological polar surface area (TPSA) is 67.3 Å². The zero-order valence-electron chi connectivity index (χ0n) is 10.1. The second-order valence-electron chi connectivity index (χ2n) is 4.00. The first kappa shape index (κ1) is 13.2. The minimum Gasteiger partial charge on any atom is -0.478 e. The Morgan fingerprint density at radius 3 is 2.63 bits per heavy atom. The van der Waals surface area contributed by atoms with Crippen molar-refractivity contribution in [3.8, 4) is 0 Å². The molecular formula is C14H10ClNO3. The van der Waals surface area contributed by atoms with E-state index in [9.17, 15) is 14.7 Å². The number of ketones is 1. The SMILES string of the molecule is Cc1ccnc(C(=O)c2cccc(Cl)c2)c1C(=O)O. The lowest BCUT2D eigenvalue weighted by atomic mass is 10.0. The highest BCUT2D eigenvalue weighted by Gasteiger charge is 2.21. The Morgan fingerprint density at radius 1 is 1.26 bits per heavy atom. The van der Waals surface area contributed by atoms with E-state index in [1.807, 2.05) is 0 Å². The zero-order valence-corrected chi connectivity index (χ0v) is 10.8. The number of benzene rings is 1. The molecule has 1 heterocycles. The average Bonchev–Trinajstić information content (AvgIpc) is 2.37. The first-order chi connectivity index (χ1) is 9.00. The summed E-state index contributed by atoms with van der Waals surface area (Å²) in [5.41, 5.74) is 0.656. The summed E-state index contributed by atoms with van der Waals surface area (Å²) < 4.78 is 0. The van der Waals surface area contributed by atoms with Gasteiger partial charge in [0.15, 0.2) is 0 Å². The van der Waals surface area contributed by atoms with Gasteiger partial charge in [0.25, 0.3) is 0 Å². The Kier molecular flexibility index (Phi) is 3.62. The second-order valence-corrected chi connectivity index (χ2v) is 4.43. The first-order valence-electron chi connectivity index (χ1n) is 5.50. The fourth-order valence-electron chi connectivity index (χ4n) is 1.77. The van der Waals surface area contributed by atoms with Crippen molar-refractivity contribution >= 4 is 23.4 Å². The van der Waals surface area contributed by atoms with Crippen LogP contribution in [0.25, 0.3) is 0 Å². The Balaban J connectivity index is 2.57. The van der Waals surface area contributed by atoms with Crippen LogP contribution in [0.15, 0.2) is 36.5 Å². The quantitative estimate of drug-likeness (QED) is 0.875. The van der Waals surface area contributed by atoms with Crippen LogP contribution in [-0.2, 0) is 0 Å². The number of rotatable bonds is 3. The monoisotopic (exact) mass is 275 g/mol. The molecule has 19 heavy (non-hydrogen) atoms. The maximum Gasteiger partial charge on any atom is 0.338 e. The highest BCUT2D eigenvalue weighted by molar-refractivity contribution is 6.31. The maximum absolute atomic E-state index is 12.3. The number of aromatic nitrogens is 1. The van der Waals surface area contributed by atoms with Crippen LogP contribution in [0.4, 0.5) is 0 Å². The van der Waals surface area contributed by atoms with Gasteiger partial charge in [-0.05, 0) is 30.7 Å². The van der Waals surface area contributed by atoms with Crippen molar-refractivity contribution in [3.05, 3.63) is 63.9 Å². The molecule has 0 radical (unpaired) electrons. The van der Waals surface area contributed by atoms with Crippen LogP contribution in [0.5, 0.6) is 0 Å². The Labute approximate surface area is 114 Å². The third-order valence-electron chi connectivity index (χ3n) is 2.68. The summed E-state index contributed by atoms with van der Waals surface area (Å²) >= 11 is 5.82. The molecule has 0 amide bonds. The van der Waals surface area contributed by atoms with Gasteiger partial charge in [0, 0.05) is 16.8 Å². The van der Waals surface area contributed by atoms with Crippen LogP contribution in [0.1, 0.15) is 32.0 Å². The predicted octanol–water partition coefficient (Wildman–Crippen LogP) is 2.97. The number of carboxylic acids is 1. The Hall–Kier alpha value is -2.20. The highest BCUT2D eigenvalue weighted by Crippen LogP contribution is 2.18. The third-order valence-corrected chi connectivity index (χ3v) is 2.91. The number of pyridine rings is 1. The van der Waals surface area contributed by atoms with Gasteiger partial charge in [0.1, 0.15) is 5.69 Å². The van der Waals surface area contributed by atoms with Crippen molar-refractivity contribution in [2.75, 3.05) is 0 Å². The first-order valence-corrected chi connectivity index (χ1v) is 5.87. The lowest BCUT2D eigenvalue weighted by Crippen LogP contribution is -2.13. The number of carboxylic acid groups (broad SMARTS) is 1. The molecule has 0 bridgehead atoms. The van der Waals surface area contributed by atoms with Crippen molar-refractivity contribution in [2.45, 2.75) is 6.92 Å². The Bertz CT molecular complexity index is 667. The largest absolute Gasteiger partial charge is 0.478 e. The zero-order chi connectivity index (χ0) is 14.0. The lowest BCUT2D eigenvalue weighted by molar-refractivity contribution is 0.0691. The standard InChI is InChI=1S/C14H10ClNO3/c1-8-5-6-16-12(11(8)14(18)19)13(17)9-3-2-4-10(15)7-9/h2-7H,1H3,(H,18,19). The van der Waals surface area contributed by atoms with E-state index in [0.29, 0.717) is 16.1 Å². The molecule has 0 atom stereocenters. The number of halogens is 1. The van der Waals surface area contributed by atoms with Crippen molar-refractivity contribution in [3.63, 3.8) is 0 Å². The lowest BCUT2D eigenvalue weighted by Gasteiger charge is -2.07. The van der Waals surface area contributed by atoms with Crippen LogP contribution in [0.2, 0.25) is 5.02 Å². The van der Waals surface area contributed by atoms with Gasteiger partial charge >= 0.3 is 5.97 Å². The summed E-state index contributed by atoms with van der Waals surface area (Å²) in [6.45, 7) is 1.62. The van der Waals surface area contributed by atoms with Crippen LogP contribution in [-0.4, -0.2) is 21.8 Å². The molecule has 5 heteroatoms. The van der Waals surface area contributed by atoms with Crippen molar-refractivity contribution in [1.82, 2.24) is 4.98 Å². The highest BCUT2D eigenvalue weighted by atomic mass is 35.5. The normalized spacial score (nSPS) is 10.2. The number of aromatic carboxylic acids is 1. The molecule has 4 nitrogen and oxygen atoms in total. The van der Waals surface area contributed by atoms with Crippen LogP contribution in [0.3, 0.4) is 0 Å². The number of carbonyl (C=O) groups excluding carboxylic acids is 1. The fourth-order valence-corrected chi connectivity index (χ4v) is 1.96. The van der Waals surface area contributed by atoms with Gasteiger partial charge in [-0.1, -0.05) is 23.7 Å². The molecule has 1 aromatic heterocycles. The van der Waals surface area contributed by atoms with E-state index in [1.54, 1.807) is 31.2 Å². The average molecular weight is 276 g/mol. The minimum atomic E-state index is -1.17. The number of hydrogen-bond donors (Lipinski definition) is 1. The van der Waals surface area contributed by atoms with Crippen LogP contribution < -0.4 is 0 Å². The fraction of sp³-hybridized carbons (Fsp3) is 0.0714. The second kappa shape index (κ2) is 5.20. The van der Waals surface area contributed by atoms with E-state index in [4.69, 9.17) is 11.6 Å². The Morgan fingerprint density at radius 2 is 2.00 bits per heavy atom. The van der Waals surface area contributed by atoms with Gasteiger partial charge in [-0.3, -0.25) is 9.78 Å². The molecule has 2 rings (SSSR count). The van der Waals surface area contributed by atoms with E-state index in [0.717, 1.165) is 0 Å². The minimum absolute atomic E-state index is 0.0743. The molecule has 0 spiro atoms. The predicted molar refractivity (Wildman–Crippen MR) is 70.8 cm³/mol. The molecule has 0 unspecified atom stereocenters. The number of carbonyl (C=O) groups is 2. The number of aryl methyl sites for hydroxylation is 1. The van der Waals surface area contributed by atoms with Crippen LogP contribution in [0, 0.1) is 6.92 Å². The van der Waals surface area contributed by atoms with E-state index in [2.05, 4.69) is 4.98 Å². The molecule has 1 N–H and O–H groups in total. The van der Waals surface area contributed by atoms with Crippen molar-refractivity contribution in [1.29, 1.82) is 0 Å². The molecule has 0 aliphatic heterocycles. The smallest absolute Gasteiger partial charge is 0.338 e. The van der Waals surface area contributed by atoms with E-state index in [-0.39, 0.29) is 11.3 Å². The van der Waals surface area contributed by atoms with E-state index >= 15 is 0 Å². The van der Waals surface area contributed by atoms with Gasteiger partial charge in [-0.25, -0.2) is 4.79 Å². The molecule has 0 saturated carbocycles. The van der Waals surface area contributed by atoms with E-state index in [1.165, 1.54) is 12.3 Å². The number of hydrogen-bond acceptors (Lipinski definition) is 3. The molecule has 1 aromatic carbocycles. The summed E-state index contributed by atoms with van der Waals surface area (Å²) in [4.78, 5) is 27.4. The summed E-state index contributed by atoms with van der Waals surface area (Å²) in [7, 11) is 0. The van der Waals surface area contributed by atoms with Gasteiger partial charge < -0.3 is 5.11 Å². The third kappa shape index (κ3) is 2.63. The molecule has 0 aliphatic rings. The summed E-state index contributed by atoms with van der Waals surface area (Å²) in [6, 6.07) is 7.88. The van der Waals surface area contributed by atoms with Gasteiger partial charge in [0.2, 0.25) is 5.78 Å². The van der Waals surface area contributed by atoms with Gasteiger partial charge in [-0.2, -0.15) is 0 Å². The molecular weight excluding hydrogens is 266 g/mol. The molecule has 0 fully saturated rings. The number of nitrogens with zero attached hydrogens (tertiary/aromatic N) is 1. The van der Waals surface area contributed by atoms with Crippen molar-refractivity contribution in [2.24, 2.45) is 0 Å². The van der Waals surface area contributed by atoms with Gasteiger partial charge in [0.05, 0.1) is 5.56 Å². The van der Waals surface area contributed by atoms with E-state index < -0.39 is 11.8 Å². The molecule has 0 aliphatic carbocycles. The van der Waals surface area contributed by atoms with Gasteiger partial charge in [-0.15, -0.1) is 0 Å². The molecule has 2 aromatic rings. The van der Waals surface area contributed by atoms with Crippen LogP contribution >= 0.6 is 11.6 Å².